The van der Waals surface area contributed by atoms with E-state index in [1.54, 1.807) is 11.9 Å². The van der Waals surface area contributed by atoms with E-state index in [9.17, 15) is 14.7 Å². The quantitative estimate of drug-likeness (QED) is 0.471. The van der Waals surface area contributed by atoms with E-state index in [0.29, 0.717) is 43.9 Å². The number of aliphatic hydroxyl groups is 1. The van der Waals surface area contributed by atoms with E-state index < -0.39 is 5.56 Å². The highest BCUT2D eigenvalue weighted by atomic mass is 16.5. The van der Waals surface area contributed by atoms with Gasteiger partial charge in [-0.25, -0.2) is 0 Å². The lowest BCUT2D eigenvalue weighted by atomic mass is 9.75. The zero-order chi connectivity index (χ0) is 25.7. The maximum absolute atomic E-state index is 13.6. The molecule has 2 aromatic rings. The second kappa shape index (κ2) is 11.6. The second-order valence-electron chi connectivity index (χ2n) is 10.5. The Hall–Kier alpha value is -2.67. The number of aliphatic hydroxyl groups excluding tert-OH is 1. The number of amides is 1. The van der Waals surface area contributed by atoms with Gasteiger partial charge in [0, 0.05) is 38.1 Å². The van der Waals surface area contributed by atoms with Crippen LogP contribution in [0.25, 0.3) is 0 Å². The third-order valence-corrected chi connectivity index (χ3v) is 8.13. The van der Waals surface area contributed by atoms with Gasteiger partial charge in [0.1, 0.15) is 5.82 Å². The molecule has 1 aliphatic heterocycles. The minimum Gasteiger partial charge on any atom is -0.486 e. The van der Waals surface area contributed by atoms with Crippen LogP contribution in [0.15, 0.2) is 29.1 Å². The first-order valence-electron chi connectivity index (χ1n) is 13.7. The summed E-state index contributed by atoms with van der Waals surface area (Å²) < 4.78 is 7.86. The lowest BCUT2D eigenvalue weighted by Gasteiger charge is -2.38. The minimum absolute atomic E-state index is 0.0633. The number of nitrogens with zero attached hydrogens (tertiary/aromatic N) is 3. The van der Waals surface area contributed by atoms with Crippen molar-refractivity contribution in [1.29, 1.82) is 0 Å². The van der Waals surface area contributed by atoms with Crippen molar-refractivity contribution in [2.24, 2.45) is 0 Å². The summed E-state index contributed by atoms with van der Waals surface area (Å²) in [5.74, 6) is 0.556. The number of hydrogen-bond acceptors (Lipinski definition) is 5. The smallest absolute Gasteiger partial charge is 0.316 e. The summed E-state index contributed by atoms with van der Waals surface area (Å²) in [5.41, 5.74) is 2.41. The Kier molecular flexibility index (Phi) is 8.50. The summed E-state index contributed by atoms with van der Waals surface area (Å²) in [5, 5.41) is 9.41. The number of rotatable bonds is 11. The Balaban J connectivity index is 1.80. The van der Waals surface area contributed by atoms with Crippen LogP contribution in [0, 0.1) is 0 Å². The first-order valence-corrected chi connectivity index (χ1v) is 13.7. The van der Waals surface area contributed by atoms with Crippen molar-refractivity contribution >= 4 is 5.91 Å². The van der Waals surface area contributed by atoms with Crippen LogP contribution in [0.2, 0.25) is 0 Å². The molecule has 7 heteroatoms. The van der Waals surface area contributed by atoms with Crippen molar-refractivity contribution in [1.82, 2.24) is 14.5 Å². The molecule has 0 radical (unpaired) electrons. The Labute approximate surface area is 214 Å². The van der Waals surface area contributed by atoms with Gasteiger partial charge < -0.3 is 19.3 Å². The van der Waals surface area contributed by atoms with E-state index in [1.165, 1.54) is 11.1 Å². The molecule has 1 fully saturated rings. The van der Waals surface area contributed by atoms with E-state index in [2.05, 4.69) is 43.1 Å². The van der Waals surface area contributed by atoms with Gasteiger partial charge in [0.15, 0.2) is 5.69 Å². The average molecular weight is 496 g/mol. The molecule has 0 bridgehead atoms. The third-order valence-electron chi connectivity index (χ3n) is 8.13. The fraction of sp³-hybridized carbons (Fsp3) is 0.621. The molecule has 1 N–H and O–H groups in total. The molecule has 1 amide bonds. The molecule has 1 atom stereocenters. The summed E-state index contributed by atoms with van der Waals surface area (Å²) in [6, 6.07) is 8.76. The van der Waals surface area contributed by atoms with Crippen molar-refractivity contribution in [3.05, 3.63) is 57.3 Å². The van der Waals surface area contributed by atoms with Gasteiger partial charge in [0.25, 0.3) is 5.91 Å². The molecule has 1 aromatic carbocycles. The predicted molar refractivity (Wildman–Crippen MR) is 141 cm³/mol. The summed E-state index contributed by atoms with van der Waals surface area (Å²) in [6.45, 7) is 5.26. The van der Waals surface area contributed by atoms with Crippen LogP contribution >= 0.6 is 0 Å². The highest BCUT2D eigenvalue weighted by molar-refractivity contribution is 5.96. The number of unbranched alkanes of at least 4 members (excludes halogenated alkanes) is 1. The maximum atomic E-state index is 13.6. The highest BCUT2D eigenvalue weighted by Gasteiger charge is 2.40. The zero-order valence-electron chi connectivity index (χ0n) is 22.1. The number of carbonyl (C=O) groups excluding carboxylic acids is 1. The van der Waals surface area contributed by atoms with Gasteiger partial charge in [-0.05, 0) is 49.7 Å². The number of fused-ring (bicyclic) bond motifs is 1. The number of hydrogen-bond donors (Lipinski definition) is 1. The van der Waals surface area contributed by atoms with E-state index in [1.807, 2.05) is 4.57 Å². The third kappa shape index (κ3) is 5.22. The molecular formula is C29H41N3O4. The largest absolute Gasteiger partial charge is 0.486 e. The van der Waals surface area contributed by atoms with Crippen molar-refractivity contribution in [3.63, 3.8) is 0 Å². The predicted octanol–water partition coefficient (Wildman–Crippen LogP) is 4.27. The van der Waals surface area contributed by atoms with E-state index >= 15 is 0 Å². The molecule has 0 unspecified atom stereocenters. The Bertz CT molecular complexity index is 1120. The van der Waals surface area contributed by atoms with Crippen LogP contribution in [-0.4, -0.2) is 51.8 Å². The van der Waals surface area contributed by atoms with E-state index in [4.69, 9.17) is 4.74 Å². The molecule has 36 heavy (non-hydrogen) atoms. The molecule has 2 aliphatic rings. The number of aryl methyl sites for hydroxylation is 1. The van der Waals surface area contributed by atoms with Crippen molar-refractivity contribution in [3.8, 4) is 5.75 Å². The summed E-state index contributed by atoms with van der Waals surface area (Å²) in [7, 11) is 1.78. The molecule has 196 valence electrons. The topological polar surface area (TPSA) is 84.7 Å². The Morgan fingerprint density at radius 2 is 1.94 bits per heavy atom. The maximum Gasteiger partial charge on any atom is 0.316 e. The average Bonchev–Trinajstić information content (AvgIpc) is 3.37. The van der Waals surface area contributed by atoms with Gasteiger partial charge in [0.05, 0.1) is 6.61 Å². The molecule has 1 aromatic heterocycles. The second-order valence-corrected chi connectivity index (χ2v) is 10.5. The molecule has 1 saturated carbocycles. The first kappa shape index (κ1) is 26.4. The fourth-order valence-corrected chi connectivity index (χ4v) is 5.90. The van der Waals surface area contributed by atoms with Crippen LogP contribution < -0.4 is 10.3 Å². The molecular weight excluding hydrogens is 454 g/mol. The lowest BCUT2D eigenvalue weighted by Crippen LogP contribution is -2.48. The molecule has 0 saturated heterocycles. The van der Waals surface area contributed by atoms with Crippen LogP contribution in [0.4, 0.5) is 0 Å². The van der Waals surface area contributed by atoms with Gasteiger partial charge in [-0.3, -0.25) is 9.59 Å². The van der Waals surface area contributed by atoms with Gasteiger partial charge >= 0.3 is 5.56 Å². The standard InChI is InChI=1S/C29H41N3O4/c1-4-6-17-36-26-25-28(35)31(3)23(13-10-16-33)20-32(25)24(30-27(26)34)19-29(14-7-8-15-29)22-12-9-11-21(5-2)18-22/h9,11-12,18,23,33H,4-8,10,13-17,19-20H2,1-3H3/t23-/m0/s1. The van der Waals surface area contributed by atoms with Crippen molar-refractivity contribution in [2.75, 3.05) is 20.3 Å². The number of aromatic nitrogens is 2. The number of benzene rings is 1. The van der Waals surface area contributed by atoms with Crippen molar-refractivity contribution in [2.45, 2.75) is 96.1 Å². The molecule has 0 spiro atoms. The van der Waals surface area contributed by atoms with E-state index in [-0.39, 0.29) is 29.7 Å². The van der Waals surface area contributed by atoms with Gasteiger partial charge in [-0.2, -0.15) is 4.98 Å². The van der Waals surface area contributed by atoms with Gasteiger partial charge in [0.2, 0.25) is 5.75 Å². The lowest BCUT2D eigenvalue weighted by molar-refractivity contribution is 0.0619. The highest BCUT2D eigenvalue weighted by Crippen LogP contribution is 2.44. The van der Waals surface area contributed by atoms with Crippen LogP contribution in [-0.2, 0) is 24.8 Å². The van der Waals surface area contributed by atoms with Crippen LogP contribution in [0.3, 0.4) is 0 Å². The summed E-state index contributed by atoms with van der Waals surface area (Å²) >= 11 is 0. The van der Waals surface area contributed by atoms with Gasteiger partial charge in [-0.1, -0.05) is 57.4 Å². The normalized spacial score (nSPS) is 18.9. The summed E-state index contributed by atoms with van der Waals surface area (Å²) in [4.78, 5) is 33.2. The van der Waals surface area contributed by atoms with Crippen molar-refractivity contribution < 1.29 is 14.6 Å². The monoisotopic (exact) mass is 495 g/mol. The first-order chi connectivity index (χ1) is 17.4. The molecule has 1 aliphatic carbocycles. The zero-order valence-corrected chi connectivity index (χ0v) is 22.1. The Morgan fingerprint density at radius 3 is 2.64 bits per heavy atom. The molecule has 4 rings (SSSR count). The summed E-state index contributed by atoms with van der Waals surface area (Å²) in [6.07, 6.45) is 9.04. The van der Waals surface area contributed by atoms with Crippen LogP contribution in [0.1, 0.15) is 92.7 Å². The van der Waals surface area contributed by atoms with E-state index in [0.717, 1.165) is 44.9 Å². The number of ether oxygens (including phenoxy) is 1. The van der Waals surface area contributed by atoms with Gasteiger partial charge in [-0.15, -0.1) is 0 Å². The van der Waals surface area contributed by atoms with Crippen LogP contribution in [0.5, 0.6) is 5.75 Å². The molecule has 7 nitrogen and oxygen atoms in total. The fourth-order valence-electron chi connectivity index (χ4n) is 5.90. The number of likely N-dealkylation sites (N-methyl/N-ethyl adjacent to an activating group) is 1. The number of carbonyl (C=O) groups is 1. The Morgan fingerprint density at radius 1 is 1.17 bits per heavy atom. The SMILES string of the molecule is CCCCOc1c2n(c(CC3(c4cccc(CC)c4)CCCC3)nc1=O)C[C@H](CCCO)N(C)C2=O. The molecule has 2 heterocycles. The minimum atomic E-state index is -0.446.